The van der Waals surface area contributed by atoms with Gasteiger partial charge >= 0.3 is 0 Å². The molecule has 0 radical (unpaired) electrons. The Morgan fingerprint density at radius 3 is 2.18 bits per heavy atom. The molecular weight excluding hydrogens is 312 g/mol. The van der Waals surface area contributed by atoms with E-state index < -0.39 is 10.1 Å². The van der Waals surface area contributed by atoms with Crippen molar-refractivity contribution in [3.05, 3.63) is 29.8 Å². The van der Waals surface area contributed by atoms with Crippen LogP contribution >= 0.6 is 0 Å². The Morgan fingerprint density at radius 2 is 1.82 bits per heavy atom. The number of methoxy groups -OCH3 is 2. The minimum atomic E-state index is -4.27. The van der Waals surface area contributed by atoms with Gasteiger partial charge in [0.15, 0.2) is 6.29 Å². The standard InChI is InChI=1S/C7H14O4.C7H8O3S/c1-9-7(10-2)6-3-5(8)4-11-6;1-6-2-4-7(5-3-6)11(8,9)10/h5-8H,3-4H2,1-2H3;2-5H,1H3,(H,8,9,10)/p-1/t5-,6+;/m0./s1. The molecule has 1 N–H and O–H groups in total. The van der Waals surface area contributed by atoms with Crippen molar-refractivity contribution in [2.75, 3.05) is 20.8 Å². The van der Waals surface area contributed by atoms with Crippen LogP contribution in [0, 0.1) is 6.92 Å². The Bertz CT molecular complexity index is 537. The minimum absolute atomic E-state index is 0.125. The molecule has 1 saturated heterocycles. The van der Waals surface area contributed by atoms with E-state index >= 15 is 0 Å². The van der Waals surface area contributed by atoms with E-state index in [9.17, 15) is 13.0 Å². The summed E-state index contributed by atoms with van der Waals surface area (Å²) in [6, 6.07) is 5.78. The fourth-order valence-corrected chi connectivity index (χ4v) is 2.40. The predicted octanol–water partition coefficient (Wildman–Crippen LogP) is 0.654. The first-order valence-electron chi connectivity index (χ1n) is 6.65. The number of aliphatic hydroxyl groups is 1. The second kappa shape index (κ2) is 8.56. The predicted molar refractivity (Wildman–Crippen MR) is 77.3 cm³/mol. The maximum Gasteiger partial charge on any atom is 0.183 e. The molecule has 1 aliphatic rings. The molecule has 0 unspecified atom stereocenters. The number of aryl methyl sites for hydroxylation is 1. The molecule has 0 aliphatic carbocycles. The van der Waals surface area contributed by atoms with Crippen molar-refractivity contribution in [3.8, 4) is 0 Å². The maximum atomic E-state index is 10.4. The van der Waals surface area contributed by atoms with Crippen LogP contribution in [0.1, 0.15) is 12.0 Å². The molecule has 22 heavy (non-hydrogen) atoms. The van der Waals surface area contributed by atoms with Gasteiger partial charge < -0.3 is 23.9 Å². The lowest BCUT2D eigenvalue weighted by Crippen LogP contribution is -2.29. The summed E-state index contributed by atoms with van der Waals surface area (Å²) in [4.78, 5) is -0.178. The molecule has 0 bridgehead atoms. The Morgan fingerprint density at radius 1 is 1.27 bits per heavy atom. The van der Waals surface area contributed by atoms with Gasteiger partial charge in [0.25, 0.3) is 0 Å². The maximum absolute atomic E-state index is 10.4. The number of benzene rings is 1. The molecule has 7 nitrogen and oxygen atoms in total. The van der Waals surface area contributed by atoms with Gasteiger partial charge in [-0.25, -0.2) is 8.42 Å². The van der Waals surface area contributed by atoms with Crippen LogP contribution in [-0.2, 0) is 24.3 Å². The van der Waals surface area contributed by atoms with Gasteiger partial charge in [-0.15, -0.1) is 0 Å². The summed E-state index contributed by atoms with van der Waals surface area (Å²) in [5.41, 5.74) is 0.928. The number of aliphatic hydroxyl groups excluding tert-OH is 1. The highest BCUT2D eigenvalue weighted by Gasteiger charge is 2.30. The van der Waals surface area contributed by atoms with Gasteiger partial charge in [0.05, 0.1) is 17.6 Å². The number of rotatable bonds is 4. The summed E-state index contributed by atoms with van der Waals surface area (Å²) >= 11 is 0. The first-order chi connectivity index (χ1) is 10.3. The average Bonchev–Trinajstić information content (AvgIpc) is 2.87. The monoisotopic (exact) mass is 333 g/mol. The van der Waals surface area contributed by atoms with Crippen molar-refractivity contribution >= 4 is 10.1 Å². The third-order valence-corrected chi connectivity index (χ3v) is 3.93. The smallest absolute Gasteiger partial charge is 0.183 e. The highest BCUT2D eigenvalue weighted by molar-refractivity contribution is 7.85. The van der Waals surface area contributed by atoms with Crippen LogP contribution < -0.4 is 0 Å². The summed E-state index contributed by atoms with van der Waals surface area (Å²) in [7, 11) is -1.15. The van der Waals surface area contributed by atoms with Crippen LogP contribution in [0.4, 0.5) is 0 Å². The summed E-state index contributed by atoms with van der Waals surface area (Å²) in [6.45, 7) is 2.20. The molecule has 0 aromatic heterocycles. The average molecular weight is 333 g/mol. The molecule has 1 aromatic rings. The lowest BCUT2D eigenvalue weighted by atomic mass is 10.2. The van der Waals surface area contributed by atoms with Gasteiger partial charge in [0, 0.05) is 20.6 Å². The van der Waals surface area contributed by atoms with Crippen molar-refractivity contribution in [2.45, 2.75) is 36.7 Å². The first-order valence-corrected chi connectivity index (χ1v) is 8.06. The zero-order valence-corrected chi connectivity index (χ0v) is 13.6. The summed E-state index contributed by atoms with van der Waals surface area (Å²) in [5, 5.41) is 9.10. The van der Waals surface area contributed by atoms with Crippen LogP contribution in [-0.4, -0.2) is 57.4 Å². The van der Waals surface area contributed by atoms with E-state index in [4.69, 9.17) is 19.3 Å². The van der Waals surface area contributed by atoms with Crippen LogP contribution in [0.2, 0.25) is 0 Å². The Hall–Kier alpha value is -1.03. The van der Waals surface area contributed by atoms with Crippen LogP contribution in [0.25, 0.3) is 0 Å². The largest absolute Gasteiger partial charge is 0.744 e. The van der Waals surface area contributed by atoms with Gasteiger partial charge in [-0.1, -0.05) is 17.7 Å². The lowest BCUT2D eigenvalue weighted by Gasteiger charge is -2.18. The van der Waals surface area contributed by atoms with Crippen molar-refractivity contribution < 1.29 is 32.3 Å². The van der Waals surface area contributed by atoms with Gasteiger partial charge in [-0.05, 0) is 19.1 Å². The third-order valence-electron chi connectivity index (χ3n) is 3.08. The zero-order valence-electron chi connectivity index (χ0n) is 12.8. The third kappa shape index (κ3) is 5.99. The second-order valence-corrected chi connectivity index (χ2v) is 6.25. The molecule has 0 saturated carbocycles. The SMILES string of the molecule is COC(OC)[C@H]1C[C@H](O)CO1.Cc1ccc(S(=O)(=O)[O-])cc1. The fourth-order valence-electron chi connectivity index (χ4n) is 1.93. The first kappa shape index (κ1) is 19.0. The van der Waals surface area contributed by atoms with E-state index in [-0.39, 0.29) is 23.4 Å². The van der Waals surface area contributed by atoms with Gasteiger partial charge in [0.2, 0.25) is 0 Å². The summed E-state index contributed by atoms with van der Waals surface area (Å²) < 4.78 is 46.3. The number of hydrogen-bond acceptors (Lipinski definition) is 7. The van der Waals surface area contributed by atoms with Crippen LogP contribution in [0.3, 0.4) is 0 Å². The highest BCUT2D eigenvalue weighted by atomic mass is 32.2. The van der Waals surface area contributed by atoms with Crippen molar-refractivity contribution in [1.82, 2.24) is 0 Å². The number of hydrogen-bond donors (Lipinski definition) is 1. The van der Waals surface area contributed by atoms with Crippen LogP contribution in [0.15, 0.2) is 29.2 Å². The summed E-state index contributed by atoms with van der Waals surface area (Å²) in [5.74, 6) is 0. The Labute approximate surface area is 130 Å². The van der Waals surface area contributed by atoms with E-state index in [1.54, 1.807) is 26.4 Å². The zero-order chi connectivity index (χ0) is 16.8. The quantitative estimate of drug-likeness (QED) is 0.637. The van der Waals surface area contributed by atoms with E-state index in [1.165, 1.54) is 12.1 Å². The molecule has 126 valence electrons. The van der Waals surface area contributed by atoms with E-state index in [0.717, 1.165) is 5.56 Å². The molecule has 2 rings (SSSR count). The normalized spacial score (nSPS) is 21.5. The molecule has 0 spiro atoms. The molecule has 1 fully saturated rings. The van der Waals surface area contributed by atoms with Gasteiger partial charge in [-0.3, -0.25) is 0 Å². The summed E-state index contributed by atoms with van der Waals surface area (Å²) in [6.07, 6.45) is -0.258. The van der Waals surface area contributed by atoms with Crippen molar-refractivity contribution in [1.29, 1.82) is 0 Å². The molecule has 0 amide bonds. The fraction of sp³-hybridized carbons (Fsp3) is 0.571. The highest BCUT2D eigenvalue weighted by Crippen LogP contribution is 2.18. The van der Waals surface area contributed by atoms with Crippen molar-refractivity contribution in [2.24, 2.45) is 0 Å². The molecule has 1 heterocycles. The molecule has 8 heteroatoms. The molecule has 2 atom stereocenters. The topological polar surface area (TPSA) is 105 Å². The lowest BCUT2D eigenvalue weighted by molar-refractivity contribution is -0.167. The van der Waals surface area contributed by atoms with Crippen molar-refractivity contribution in [3.63, 3.8) is 0 Å². The number of ether oxygens (including phenoxy) is 3. The minimum Gasteiger partial charge on any atom is -0.744 e. The molecule has 1 aromatic carbocycles. The Balaban J connectivity index is 0.000000220. The second-order valence-electron chi connectivity index (χ2n) is 4.87. The van der Waals surface area contributed by atoms with Crippen LogP contribution in [0.5, 0.6) is 0 Å². The van der Waals surface area contributed by atoms with Gasteiger partial charge in [0.1, 0.15) is 16.2 Å². The molecule has 1 aliphatic heterocycles. The van der Waals surface area contributed by atoms with E-state index in [1.807, 2.05) is 6.92 Å². The molecular formula is C14H21O7S-. The van der Waals surface area contributed by atoms with Gasteiger partial charge in [-0.2, -0.15) is 0 Å². The Kier molecular flexibility index (Phi) is 7.40. The van der Waals surface area contributed by atoms with E-state index in [2.05, 4.69) is 0 Å². The van der Waals surface area contributed by atoms with E-state index in [0.29, 0.717) is 13.0 Å².